The molecule has 0 radical (unpaired) electrons. The zero-order valence-corrected chi connectivity index (χ0v) is 14.0. The van der Waals surface area contributed by atoms with Gasteiger partial charge in [-0.1, -0.05) is 23.2 Å². The molecule has 4 nitrogen and oxygen atoms in total. The van der Waals surface area contributed by atoms with Crippen LogP contribution in [0, 0.1) is 0 Å². The molecule has 0 aromatic heterocycles. The molecule has 0 N–H and O–H groups in total. The number of carbonyl (C=O) groups is 2. The van der Waals surface area contributed by atoms with Crippen molar-refractivity contribution in [3.05, 3.63) is 63.6 Å². The number of hydrogen-bond donors (Lipinski definition) is 0. The molecule has 2 aromatic carbocycles. The predicted octanol–water partition coefficient (Wildman–Crippen LogP) is 4.43. The van der Waals surface area contributed by atoms with Crippen LogP contribution in [0.2, 0.25) is 10.0 Å². The molecule has 0 bridgehead atoms. The van der Waals surface area contributed by atoms with E-state index in [0.717, 1.165) is 0 Å². The lowest BCUT2D eigenvalue weighted by Crippen LogP contribution is -2.24. The van der Waals surface area contributed by atoms with E-state index in [-0.39, 0.29) is 16.4 Å². The van der Waals surface area contributed by atoms with Gasteiger partial charge in [-0.25, -0.2) is 4.79 Å². The summed E-state index contributed by atoms with van der Waals surface area (Å²) in [5.41, 5.74) is 0.582. The van der Waals surface area contributed by atoms with Crippen molar-refractivity contribution in [2.45, 2.75) is 13.0 Å². The van der Waals surface area contributed by atoms with E-state index < -0.39 is 12.1 Å². The van der Waals surface area contributed by atoms with Crippen molar-refractivity contribution in [1.82, 2.24) is 0 Å². The van der Waals surface area contributed by atoms with E-state index in [9.17, 15) is 9.59 Å². The fourth-order valence-electron chi connectivity index (χ4n) is 1.92. The second kappa shape index (κ2) is 7.49. The standard InChI is InChI=1S/C17H14Cl2O4/c1-10(16(20)11-3-6-13(22-2)7-4-11)23-17(21)14-8-5-12(18)9-15(14)19/h3-10H,1-2H3/t10-/m0/s1. The Morgan fingerprint density at radius 3 is 2.26 bits per heavy atom. The van der Waals surface area contributed by atoms with Gasteiger partial charge in [0, 0.05) is 10.6 Å². The summed E-state index contributed by atoms with van der Waals surface area (Å²) in [6.45, 7) is 1.51. The molecule has 2 rings (SSSR count). The molecule has 0 aliphatic heterocycles. The van der Waals surface area contributed by atoms with Crippen LogP contribution >= 0.6 is 23.2 Å². The normalized spacial score (nSPS) is 11.7. The minimum absolute atomic E-state index is 0.158. The summed E-state index contributed by atoms with van der Waals surface area (Å²) in [7, 11) is 1.54. The van der Waals surface area contributed by atoms with E-state index in [4.69, 9.17) is 32.7 Å². The highest BCUT2D eigenvalue weighted by atomic mass is 35.5. The van der Waals surface area contributed by atoms with Crippen molar-refractivity contribution < 1.29 is 19.1 Å². The minimum Gasteiger partial charge on any atom is -0.497 e. The molecule has 1 atom stereocenters. The van der Waals surface area contributed by atoms with Crippen molar-refractivity contribution in [3.63, 3.8) is 0 Å². The molecule has 0 saturated carbocycles. The van der Waals surface area contributed by atoms with E-state index in [2.05, 4.69) is 0 Å². The van der Waals surface area contributed by atoms with Gasteiger partial charge in [0.25, 0.3) is 0 Å². The molecule has 0 spiro atoms. The topological polar surface area (TPSA) is 52.6 Å². The number of ether oxygens (including phenoxy) is 2. The Morgan fingerprint density at radius 2 is 1.70 bits per heavy atom. The van der Waals surface area contributed by atoms with E-state index in [1.54, 1.807) is 24.3 Å². The number of halogens is 2. The smallest absolute Gasteiger partial charge is 0.340 e. The first kappa shape index (κ1) is 17.3. The molecule has 2 aromatic rings. The summed E-state index contributed by atoms with van der Waals surface area (Å²) in [6, 6.07) is 11.0. The van der Waals surface area contributed by atoms with Crippen LogP contribution in [0.5, 0.6) is 5.75 Å². The summed E-state index contributed by atoms with van der Waals surface area (Å²) < 4.78 is 10.2. The van der Waals surface area contributed by atoms with Gasteiger partial charge in [-0.3, -0.25) is 4.79 Å². The number of methoxy groups -OCH3 is 1. The molecule has 0 unspecified atom stereocenters. The summed E-state index contributed by atoms with van der Waals surface area (Å²) in [6.07, 6.45) is -0.942. The van der Waals surface area contributed by atoms with Crippen molar-refractivity contribution >= 4 is 35.0 Å². The number of hydrogen-bond acceptors (Lipinski definition) is 4. The second-order valence-electron chi connectivity index (χ2n) is 4.76. The van der Waals surface area contributed by atoms with Crippen LogP contribution in [-0.2, 0) is 4.74 Å². The first-order valence-electron chi connectivity index (χ1n) is 6.76. The molecule has 0 aliphatic rings. The largest absolute Gasteiger partial charge is 0.497 e. The first-order valence-corrected chi connectivity index (χ1v) is 7.52. The van der Waals surface area contributed by atoms with Crippen molar-refractivity contribution in [2.24, 2.45) is 0 Å². The molecule has 0 saturated heterocycles. The molecule has 6 heteroatoms. The van der Waals surface area contributed by atoms with Crippen LogP contribution in [0.15, 0.2) is 42.5 Å². The molecule has 0 heterocycles. The highest BCUT2D eigenvalue weighted by Crippen LogP contribution is 2.22. The van der Waals surface area contributed by atoms with Crippen LogP contribution in [0.4, 0.5) is 0 Å². The third-order valence-electron chi connectivity index (χ3n) is 3.18. The average Bonchev–Trinajstić information content (AvgIpc) is 2.54. The minimum atomic E-state index is -0.942. The van der Waals surface area contributed by atoms with Gasteiger partial charge in [0.05, 0.1) is 17.7 Å². The fourth-order valence-corrected chi connectivity index (χ4v) is 2.41. The van der Waals surface area contributed by atoms with Gasteiger partial charge >= 0.3 is 5.97 Å². The number of ketones is 1. The zero-order chi connectivity index (χ0) is 17.0. The van der Waals surface area contributed by atoms with Crippen LogP contribution in [0.3, 0.4) is 0 Å². The fraction of sp³-hybridized carbons (Fsp3) is 0.176. The third kappa shape index (κ3) is 4.24. The van der Waals surface area contributed by atoms with E-state index in [0.29, 0.717) is 16.3 Å². The summed E-state index contributed by atoms with van der Waals surface area (Å²) in [5.74, 6) is -0.355. The molecule has 23 heavy (non-hydrogen) atoms. The predicted molar refractivity (Wildman–Crippen MR) is 88.7 cm³/mol. The highest BCUT2D eigenvalue weighted by Gasteiger charge is 2.21. The Hall–Kier alpha value is -2.04. The Balaban J connectivity index is 2.09. The molecular weight excluding hydrogens is 339 g/mol. The van der Waals surface area contributed by atoms with Crippen molar-refractivity contribution in [2.75, 3.05) is 7.11 Å². The van der Waals surface area contributed by atoms with Gasteiger partial charge in [-0.05, 0) is 49.4 Å². The van der Waals surface area contributed by atoms with E-state index in [1.807, 2.05) is 0 Å². The zero-order valence-electron chi connectivity index (χ0n) is 12.5. The molecule has 0 amide bonds. The van der Waals surface area contributed by atoms with Gasteiger partial charge in [-0.2, -0.15) is 0 Å². The van der Waals surface area contributed by atoms with Gasteiger partial charge < -0.3 is 9.47 Å². The number of benzene rings is 2. The summed E-state index contributed by atoms with van der Waals surface area (Å²) in [4.78, 5) is 24.4. The lowest BCUT2D eigenvalue weighted by Gasteiger charge is -2.13. The van der Waals surface area contributed by atoms with Crippen LogP contribution < -0.4 is 4.74 Å². The Labute approximate surface area is 143 Å². The summed E-state index contributed by atoms with van der Waals surface area (Å²) in [5, 5.41) is 0.584. The SMILES string of the molecule is COc1ccc(C(=O)[C@H](C)OC(=O)c2ccc(Cl)cc2Cl)cc1. The van der Waals surface area contributed by atoms with Crippen LogP contribution in [-0.4, -0.2) is 25.0 Å². The lowest BCUT2D eigenvalue weighted by atomic mass is 10.1. The second-order valence-corrected chi connectivity index (χ2v) is 5.61. The van der Waals surface area contributed by atoms with E-state index >= 15 is 0 Å². The maximum atomic E-state index is 12.3. The Morgan fingerprint density at radius 1 is 1.04 bits per heavy atom. The molecule has 0 fully saturated rings. The Bertz CT molecular complexity index is 726. The maximum Gasteiger partial charge on any atom is 0.340 e. The van der Waals surface area contributed by atoms with Gasteiger partial charge in [0.2, 0.25) is 5.78 Å². The number of carbonyl (C=O) groups excluding carboxylic acids is 2. The van der Waals surface area contributed by atoms with Crippen molar-refractivity contribution in [3.8, 4) is 5.75 Å². The molecular formula is C17H14Cl2O4. The molecule has 0 aliphatic carbocycles. The Kier molecular flexibility index (Phi) is 5.64. The highest BCUT2D eigenvalue weighted by molar-refractivity contribution is 6.36. The number of Topliss-reactive ketones (excluding diaryl/α,β-unsaturated/α-hetero) is 1. The third-order valence-corrected chi connectivity index (χ3v) is 3.73. The van der Waals surface area contributed by atoms with E-state index in [1.165, 1.54) is 32.2 Å². The number of rotatable bonds is 5. The van der Waals surface area contributed by atoms with Gasteiger partial charge in [-0.15, -0.1) is 0 Å². The van der Waals surface area contributed by atoms with Crippen LogP contribution in [0.25, 0.3) is 0 Å². The quantitative estimate of drug-likeness (QED) is 0.589. The summed E-state index contributed by atoms with van der Waals surface area (Å²) >= 11 is 11.7. The van der Waals surface area contributed by atoms with Gasteiger partial charge in [0.15, 0.2) is 6.10 Å². The van der Waals surface area contributed by atoms with Gasteiger partial charge in [0.1, 0.15) is 5.75 Å². The maximum absolute atomic E-state index is 12.3. The molecule has 120 valence electrons. The average molecular weight is 353 g/mol. The monoisotopic (exact) mass is 352 g/mol. The first-order chi connectivity index (χ1) is 10.9. The number of esters is 1. The van der Waals surface area contributed by atoms with Crippen LogP contribution in [0.1, 0.15) is 27.6 Å². The lowest BCUT2D eigenvalue weighted by molar-refractivity contribution is 0.0319. The van der Waals surface area contributed by atoms with Crippen molar-refractivity contribution in [1.29, 1.82) is 0 Å².